The molecule has 4 heteroatoms. The third kappa shape index (κ3) is 4.48. The van der Waals surface area contributed by atoms with Crippen LogP contribution in [0, 0.1) is 12.8 Å². The molecule has 3 N–H and O–H groups in total. The summed E-state index contributed by atoms with van der Waals surface area (Å²) in [6.45, 7) is 6.08. The number of carbonyl (C=O) groups is 1. The van der Waals surface area contributed by atoms with E-state index in [2.05, 4.69) is 35.1 Å². The highest BCUT2D eigenvalue weighted by Crippen LogP contribution is 2.20. The van der Waals surface area contributed by atoms with Crippen LogP contribution < -0.4 is 11.1 Å². The number of carbonyl (C=O) groups excluding carboxylic acids is 1. The largest absolute Gasteiger partial charge is 0.325 e. The van der Waals surface area contributed by atoms with Crippen molar-refractivity contribution in [3.8, 4) is 0 Å². The number of hydrogen-bond donors (Lipinski definition) is 2. The summed E-state index contributed by atoms with van der Waals surface area (Å²) in [7, 11) is 0. The molecule has 0 saturated heterocycles. The lowest BCUT2D eigenvalue weighted by Gasteiger charge is -2.14. The monoisotopic (exact) mass is 298 g/mol. The van der Waals surface area contributed by atoms with Crippen LogP contribution in [0.25, 0.3) is 0 Å². The summed E-state index contributed by atoms with van der Waals surface area (Å²) in [5.41, 5.74) is 7.68. The van der Waals surface area contributed by atoms with Crippen molar-refractivity contribution in [2.45, 2.75) is 33.2 Å². The van der Waals surface area contributed by atoms with Crippen molar-refractivity contribution in [2.24, 2.45) is 11.7 Å². The Labute approximate surface area is 111 Å². The van der Waals surface area contributed by atoms with E-state index in [0.29, 0.717) is 12.3 Å². The second-order valence-corrected chi connectivity index (χ2v) is 5.54. The van der Waals surface area contributed by atoms with Crippen molar-refractivity contribution in [3.63, 3.8) is 0 Å². The Balaban J connectivity index is 2.64. The van der Waals surface area contributed by atoms with Crippen LogP contribution in [-0.2, 0) is 4.79 Å². The van der Waals surface area contributed by atoms with E-state index in [1.165, 1.54) is 0 Å². The predicted octanol–water partition coefficient (Wildman–Crippen LogP) is 3.07. The van der Waals surface area contributed by atoms with Crippen LogP contribution in [-0.4, -0.2) is 11.9 Å². The van der Waals surface area contributed by atoms with Gasteiger partial charge in [0.05, 0.1) is 6.04 Å². The topological polar surface area (TPSA) is 55.1 Å². The van der Waals surface area contributed by atoms with E-state index in [1.54, 1.807) is 0 Å². The number of nitrogens with two attached hydrogens (primary N) is 1. The van der Waals surface area contributed by atoms with Gasteiger partial charge in [-0.15, -0.1) is 0 Å². The van der Waals surface area contributed by atoms with Crippen LogP contribution in [0.1, 0.15) is 25.8 Å². The molecule has 0 aromatic heterocycles. The average Bonchev–Trinajstić information content (AvgIpc) is 2.22. The van der Waals surface area contributed by atoms with E-state index in [1.807, 2.05) is 25.1 Å². The van der Waals surface area contributed by atoms with E-state index < -0.39 is 6.04 Å². The van der Waals surface area contributed by atoms with Gasteiger partial charge in [0.2, 0.25) is 5.91 Å². The van der Waals surface area contributed by atoms with Gasteiger partial charge in [0.25, 0.3) is 0 Å². The van der Waals surface area contributed by atoms with Gasteiger partial charge >= 0.3 is 0 Å². The first kappa shape index (κ1) is 14.2. The van der Waals surface area contributed by atoms with Gasteiger partial charge in [-0.05, 0) is 43.0 Å². The van der Waals surface area contributed by atoms with Crippen LogP contribution in [0.3, 0.4) is 0 Å². The fourth-order valence-corrected chi connectivity index (χ4v) is 1.82. The van der Waals surface area contributed by atoms with Gasteiger partial charge in [-0.3, -0.25) is 4.79 Å². The third-order valence-corrected chi connectivity index (χ3v) is 3.38. The van der Waals surface area contributed by atoms with Crippen LogP contribution in [0.2, 0.25) is 0 Å². The molecule has 1 amide bonds. The van der Waals surface area contributed by atoms with Gasteiger partial charge < -0.3 is 11.1 Å². The zero-order chi connectivity index (χ0) is 13.0. The second-order valence-electron chi connectivity index (χ2n) is 4.69. The number of aryl methyl sites for hydroxylation is 1. The Bertz CT molecular complexity index is 404. The van der Waals surface area contributed by atoms with Crippen molar-refractivity contribution < 1.29 is 4.79 Å². The number of halogens is 1. The van der Waals surface area contributed by atoms with Crippen LogP contribution >= 0.6 is 15.9 Å². The van der Waals surface area contributed by atoms with Gasteiger partial charge in [0, 0.05) is 10.2 Å². The Morgan fingerprint density at radius 2 is 2.12 bits per heavy atom. The van der Waals surface area contributed by atoms with Crippen molar-refractivity contribution >= 4 is 27.5 Å². The first-order valence-corrected chi connectivity index (χ1v) is 6.52. The molecular formula is C13H19BrN2O. The molecule has 0 aliphatic heterocycles. The van der Waals surface area contributed by atoms with Crippen molar-refractivity contribution in [1.82, 2.24) is 0 Å². The lowest BCUT2D eigenvalue weighted by atomic mass is 10.0. The number of anilines is 1. The van der Waals surface area contributed by atoms with Crippen LogP contribution in [0.4, 0.5) is 5.69 Å². The Kier molecular flexibility index (Phi) is 5.15. The highest BCUT2D eigenvalue weighted by Gasteiger charge is 2.15. The first-order valence-electron chi connectivity index (χ1n) is 5.72. The Morgan fingerprint density at radius 1 is 1.47 bits per heavy atom. The maximum Gasteiger partial charge on any atom is 0.241 e. The normalized spacial score (nSPS) is 12.6. The van der Waals surface area contributed by atoms with E-state index in [-0.39, 0.29) is 5.91 Å². The number of rotatable bonds is 4. The third-order valence-electron chi connectivity index (χ3n) is 2.49. The molecule has 0 aliphatic carbocycles. The minimum absolute atomic E-state index is 0.125. The van der Waals surface area contributed by atoms with Gasteiger partial charge in [-0.1, -0.05) is 29.8 Å². The molecule has 94 valence electrons. The van der Waals surface area contributed by atoms with Crippen molar-refractivity contribution in [2.75, 3.05) is 5.32 Å². The Morgan fingerprint density at radius 3 is 2.65 bits per heavy atom. The van der Waals surface area contributed by atoms with Gasteiger partial charge in [0.1, 0.15) is 0 Å². The molecular weight excluding hydrogens is 280 g/mol. The lowest BCUT2D eigenvalue weighted by molar-refractivity contribution is -0.117. The summed E-state index contributed by atoms with van der Waals surface area (Å²) in [5.74, 6) is 0.294. The number of hydrogen-bond acceptors (Lipinski definition) is 2. The molecule has 0 saturated carbocycles. The molecule has 0 bridgehead atoms. The SMILES string of the molecule is Cc1cc(NC(=O)[C@@H](N)CC(C)C)ccc1Br. The summed E-state index contributed by atoms with van der Waals surface area (Å²) < 4.78 is 1.03. The maximum absolute atomic E-state index is 11.8. The number of benzene rings is 1. The highest BCUT2D eigenvalue weighted by molar-refractivity contribution is 9.10. The fraction of sp³-hybridized carbons (Fsp3) is 0.462. The standard InChI is InChI=1S/C13H19BrN2O/c1-8(2)6-12(15)13(17)16-10-4-5-11(14)9(3)7-10/h4-5,7-8,12H,6,15H2,1-3H3,(H,16,17)/t12-/m0/s1. The van der Waals surface area contributed by atoms with Crippen molar-refractivity contribution in [3.05, 3.63) is 28.2 Å². The molecule has 1 aromatic rings. The van der Waals surface area contributed by atoms with E-state index in [9.17, 15) is 4.79 Å². The Hall–Kier alpha value is -0.870. The molecule has 1 rings (SSSR count). The summed E-state index contributed by atoms with van der Waals surface area (Å²) in [6.07, 6.45) is 0.696. The molecule has 17 heavy (non-hydrogen) atoms. The lowest BCUT2D eigenvalue weighted by Crippen LogP contribution is -2.36. The zero-order valence-electron chi connectivity index (χ0n) is 10.5. The van der Waals surface area contributed by atoms with E-state index in [4.69, 9.17) is 5.73 Å². The van der Waals surface area contributed by atoms with Crippen LogP contribution in [0.5, 0.6) is 0 Å². The quantitative estimate of drug-likeness (QED) is 0.897. The predicted molar refractivity (Wildman–Crippen MR) is 74.9 cm³/mol. The average molecular weight is 299 g/mol. The molecule has 0 radical (unpaired) electrons. The second kappa shape index (κ2) is 6.17. The molecule has 1 aromatic carbocycles. The van der Waals surface area contributed by atoms with E-state index >= 15 is 0 Å². The maximum atomic E-state index is 11.8. The minimum Gasteiger partial charge on any atom is -0.325 e. The first-order chi connectivity index (χ1) is 7.90. The molecule has 1 atom stereocenters. The molecule has 0 heterocycles. The summed E-state index contributed by atoms with van der Waals surface area (Å²) in [5, 5.41) is 2.83. The molecule has 0 aliphatic rings. The van der Waals surface area contributed by atoms with Crippen LogP contribution in [0.15, 0.2) is 22.7 Å². The van der Waals surface area contributed by atoms with Gasteiger partial charge in [-0.2, -0.15) is 0 Å². The number of nitrogens with one attached hydrogen (secondary N) is 1. The summed E-state index contributed by atoms with van der Waals surface area (Å²) in [4.78, 5) is 11.8. The summed E-state index contributed by atoms with van der Waals surface area (Å²) >= 11 is 3.42. The van der Waals surface area contributed by atoms with Gasteiger partial charge in [0.15, 0.2) is 0 Å². The van der Waals surface area contributed by atoms with Crippen molar-refractivity contribution in [1.29, 1.82) is 0 Å². The van der Waals surface area contributed by atoms with E-state index in [0.717, 1.165) is 15.7 Å². The summed E-state index contributed by atoms with van der Waals surface area (Å²) in [6, 6.07) is 5.25. The van der Waals surface area contributed by atoms with Gasteiger partial charge in [-0.25, -0.2) is 0 Å². The molecule has 0 spiro atoms. The number of amides is 1. The molecule has 0 fully saturated rings. The zero-order valence-corrected chi connectivity index (χ0v) is 12.0. The fourth-order valence-electron chi connectivity index (χ4n) is 1.57. The molecule has 0 unspecified atom stereocenters. The smallest absolute Gasteiger partial charge is 0.241 e. The molecule has 3 nitrogen and oxygen atoms in total. The minimum atomic E-state index is -0.445. The highest BCUT2D eigenvalue weighted by atomic mass is 79.9.